The summed E-state index contributed by atoms with van der Waals surface area (Å²) in [5, 5.41) is -0.00376. The second-order valence-electron chi connectivity index (χ2n) is 7.85. The highest BCUT2D eigenvalue weighted by Crippen LogP contribution is 2.39. The normalized spacial score (nSPS) is 11.5. The van der Waals surface area contributed by atoms with Crippen LogP contribution in [0.2, 0.25) is 5.15 Å². The van der Waals surface area contributed by atoms with Gasteiger partial charge in [0, 0.05) is 26.1 Å². The third kappa shape index (κ3) is 6.16. The van der Waals surface area contributed by atoms with E-state index in [0.717, 1.165) is 0 Å². The molecular formula is C24H28ClN3O5S. The zero-order chi connectivity index (χ0) is 24.7. The summed E-state index contributed by atoms with van der Waals surface area (Å²) in [5.41, 5.74) is 0. The van der Waals surface area contributed by atoms with Gasteiger partial charge < -0.3 is 14.2 Å². The third-order valence-electron chi connectivity index (χ3n) is 4.74. The molecule has 3 rings (SSSR count). The summed E-state index contributed by atoms with van der Waals surface area (Å²) in [6, 6.07) is 15.1. The van der Waals surface area contributed by atoms with Crippen molar-refractivity contribution < 1.29 is 22.6 Å². The molecule has 0 saturated heterocycles. The molecule has 0 spiro atoms. The van der Waals surface area contributed by atoms with Crippen LogP contribution in [0.5, 0.6) is 17.2 Å². The Hall–Kier alpha value is -2.88. The van der Waals surface area contributed by atoms with E-state index in [4.69, 9.17) is 25.8 Å². The summed E-state index contributed by atoms with van der Waals surface area (Å²) >= 11 is 6.54. The second kappa shape index (κ2) is 11.5. The number of halogens is 1. The van der Waals surface area contributed by atoms with E-state index in [1.54, 1.807) is 68.8 Å². The molecule has 0 amide bonds. The smallest absolute Gasteiger partial charge is 0.265 e. The number of aromatic nitrogens is 2. The summed E-state index contributed by atoms with van der Waals surface area (Å²) < 4.78 is 45.2. The van der Waals surface area contributed by atoms with Crippen LogP contribution in [-0.2, 0) is 21.2 Å². The minimum absolute atomic E-state index is 0.00376. The first-order valence-electron chi connectivity index (χ1n) is 10.7. The van der Waals surface area contributed by atoms with Gasteiger partial charge in [-0.1, -0.05) is 49.7 Å². The summed E-state index contributed by atoms with van der Waals surface area (Å²) in [4.78, 5) is 9.03. The zero-order valence-corrected chi connectivity index (χ0v) is 21.1. The zero-order valence-electron chi connectivity index (χ0n) is 19.6. The first kappa shape index (κ1) is 25.7. The topological polar surface area (TPSA) is 90.9 Å². The molecule has 0 aliphatic heterocycles. The van der Waals surface area contributed by atoms with Gasteiger partial charge in [0.15, 0.2) is 11.0 Å². The Kier molecular flexibility index (Phi) is 8.71. The van der Waals surface area contributed by atoms with Crippen LogP contribution >= 0.6 is 11.6 Å². The number of anilines is 1. The predicted molar refractivity (Wildman–Crippen MR) is 132 cm³/mol. The molecule has 10 heteroatoms. The molecule has 3 aromatic rings. The van der Waals surface area contributed by atoms with Crippen molar-refractivity contribution in [2.45, 2.75) is 25.2 Å². The van der Waals surface area contributed by atoms with Gasteiger partial charge in [0.2, 0.25) is 5.75 Å². The molecule has 8 nitrogen and oxygen atoms in total. The largest absolute Gasteiger partial charge is 0.497 e. The Labute approximate surface area is 205 Å². The lowest BCUT2D eigenvalue weighted by Crippen LogP contribution is -2.35. The van der Waals surface area contributed by atoms with Crippen molar-refractivity contribution in [1.82, 2.24) is 9.97 Å². The van der Waals surface area contributed by atoms with Crippen molar-refractivity contribution in [3.05, 3.63) is 65.6 Å². The Bertz CT molecular complexity index is 1210. The van der Waals surface area contributed by atoms with Crippen molar-refractivity contribution >= 4 is 27.4 Å². The van der Waals surface area contributed by atoms with Crippen molar-refractivity contribution in [3.63, 3.8) is 0 Å². The minimum atomic E-state index is -3.98. The van der Waals surface area contributed by atoms with Gasteiger partial charge in [-0.3, -0.25) is 0 Å². The Morgan fingerprint density at radius 3 is 2.35 bits per heavy atom. The van der Waals surface area contributed by atoms with E-state index in [0.29, 0.717) is 30.4 Å². The fraction of sp³-hybridized carbons (Fsp3) is 0.333. The number of sulfonamides is 1. The maximum absolute atomic E-state index is 13.7. The summed E-state index contributed by atoms with van der Waals surface area (Å²) in [6.07, 6.45) is 0.351. The number of ether oxygens (including phenoxy) is 3. The van der Waals surface area contributed by atoms with E-state index < -0.39 is 10.0 Å². The molecule has 0 saturated carbocycles. The van der Waals surface area contributed by atoms with E-state index in [1.165, 1.54) is 4.31 Å². The molecular weight excluding hydrogens is 478 g/mol. The summed E-state index contributed by atoms with van der Waals surface area (Å²) in [7, 11) is -0.875. The molecule has 2 aromatic carbocycles. The van der Waals surface area contributed by atoms with Crippen LogP contribution in [0.3, 0.4) is 0 Å². The first-order chi connectivity index (χ1) is 16.3. The first-order valence-corrected chi connectivity index (χ1v) is 12.5. The van der Waals surface area contributed by atoms with Crippen molar-refractivity contribution in [1.29, 1.82) is 0 Å². The van der Waals surface area contributed by atoms with E-state index in [-0.39, 0.29) is 34.1 Å². The van der Waals surface area contributed by atoms with E-state index in [1.807, 2.05) is 13.8 Å². The second-order valence-corrected chi connectivity index (χ2v) is 10.1. The number of benzene rings is 2. The maximum Gasteiger partial charge on any atom is 0.265 e. The lowest BCUT2D eigenvalue weighted by Gasteiger charge is -2.27. The molecule has 0 N–H and O–H groups in total. The van der Waals surface area contributed by atoms with E-state index in [9.17, 15) is 8.42 Å². The van der Waals surface area contributed by atoms with Crippen molar-refractivity contribution in [2.24, 2.45) is 5.92 Å². The van der Waals surface area contributed by atoms with Crippen LogP contribution in [-0.4, -0.2) is 45.8 Å². The molecule has 34 heavy (non-hydrogen) atoms. The van der Waals surface area contributed by atoms with Crippen LogP contribution in [0.15, 0.2) is 59.5 Å². The number of hydrogen-bond acceptors (Lipinski definition) is 7. The van der Waals surface area contributed by atoms with Crippen LogP contribution in [0.1, 0.15) is 19.7 Å². The van der Waals surface area contributed by atoms with Gasteiger partial charge in [-0.05, 0) is 30.2 Å². The van der Waals surface area contributed by atoms with Gasteiger partial charge in [0.25, 0.3) is 10.0 Å². The lowest BCUT2D eigenvalue weighted by atomic mass is 10.2. The fourth-order valence-corrected chi connectivity index (χ4v) is 4.97. The van der Waals surface area contributed by atoms with Gasteiger partial charge in [0.1, 0.15) is 17.3 Å². The fourth-order valence-electron chi connectivity index (χ4n) is 3.15. The number of hydrogen-bond donors (Lipinski definition) is 0. The standard InChI is InChI=1S/C24H28ClN3O5S/c1-17(2)16-28(34(29,30)20-11-6-5-7-12-20)24-22(23(25)26-21(27-24)13-14-31-3)33-19-10-8-9-18(15-19)32-4/h5-12,15,17H,13-14,16H2,1-4H3. The minimum Gasteiger partial charge on any atom is -0.497 e. The average Bonchev–Trinajstić information content (AvgIpc) is 2.83. The molecule has 0 atom stereocenters. The summed E-state index contributed by atoms with van der Waals surface area (Å²) in [5.74, 6) is 1.40. The predicted octanol–water partition coefficient (Wildman–Crippen LogP) is 4.97. The average molecular weight is 506 g/mol. The SMILES string of the molecule is COCCc1nc(Cl)c(Oc2cccc(OC)c2)c(N(CC(C)C)S(=O)(=O)c2ccccc2)n1. The highest BCUT2D eigenvalue weighted by Gasteiger charge is 2.31. The molecule has 0 bridgehead atoms. The van der Waals surface area contributed by atoms with Gasteiger partial charge in [-0.25, -0.2) is 22.7 Å². The number of methoxy groups -OCH3 is 2. The van der Waals surface area contributed by atoms with E-state index >= 15 is 0 Å². The van der Waals surface area contributed by atoms with E-state index in [2.05, 4.69) is 9.97 Å². The number of rotatable bonds is 11. The maximum atomic E-state index is 13.7. The van der Waals surface area contributed by atoms with Gasteiger partial charge in [-0.15, -0.1) is 0 Å². The van der Waals surface area contributed by atoms with Crippen LogP contribution in [0.4, 0.5) is 5.82 Å². The third-order valence-corrected chi connectivity index (χ3v) is 6.77. The van der Waals surface area contributed by atoms with Crippen LogP contribution in [0.25, 0.3) is 0 Å². The van der Waals surface area contributed by atoms with Gasteiger partial charge in [0.05, 0.1) is 18.6 Å². The Morgan fingerprint density at radius 1 is 1.00 bits per heavy atom. The Balaban J connectivity index is 2.19. The quantitative estimate of drug-likeness (QED) is 0.340. The van der Waals surface area contributed by atoms with Crippen LogP contribution in [0, 0.1) is 5.92 Å². The monoisotopic (exact) mass is 505 g/mol. The summed E-state index contributed by atoms with van der Waals surface area (Å²) in [6.45, 7) is 4.35. The highest BCUT2D eigenvalue weighted by atomic mass is 35.5. The van der Waals surface area contributed by atoms with Crippen molar-refractivity contribution in [3.8, 4) is 17.2 Å². The van der Waals surface area contributed by atoms with Crippen LogP contribution < -0.4 is 13.8 Å². The molecule has 0 aliphatic carbocycles. The molecule has 182 valence electrons. The Morgan fingerprint density at radius 2 is 1.71 bits per heavy atom. The van der Waals surface area contributed by atoms with Gasteiger partial charge >= 0.3 is 0 Å². The molecule has 0 unspecified atom stereocenters. The van der Waals surface area contributed by atoms with Crippen molar-refractivity contribution in [2.75, 3.05) is 31.7 Å². The molecule has 0 aliphatic rings. The number of nitrogens with zero attached hydrogens (tertiary/aromatic N) is 3. The lowest BCUT2D eigenvalue weighted by molar-refractivity contribution is 0.200. The molecule has 0 radical (unpaired) electrons. The molecule has 1 heterocycles. The highest BCUT2D eigenvalue weighted by molar-refractivity contribution is 7.92. The van der Waals surface area contributed by atoms with Gasteiger partial charge in [-0.2, -0.15) is 0 Å². The molecule has 1 aromatic heterocycles. The molecule has 0 fully saturated rings.